The van der Waals surface area contributed by atoms with Crippen LogP contribution in [0.15, 0.2) is 0 Å². The zero-order chi connectivity index (χ0) is 6.08. The van der Waals surface area contributed by atoms with Crippen molar-refractivity contribution in [2.24, 2.45) is 0 Å². The van der Waals surface area contributed by atoms with E-state index in [4.69, 9.17) is 4.55 Å². The summed E-state index contributed by atoms with van der Waals surface area (Å²) < 4.78 is 19.9. The highest BCUT2D eigenvalue weighted by Crippen LogP contribution is 1.82. The van der Waals surface area contributed by atoms with Gasteiger partial charge in [-0.05, 0) is 5.87 Å². The van der Waals surface area contributed by atoms with Crippen molar-refractivity contribution in [2.45, 2.75) is 0 Å². The number of nitrogens with zero attached hydrogens (tertiary/aromatic N) is 1. The quantitative estimate of drug-likeness (QED) is 0.484. The summed E-state index contributed by atoms with van der Waals surface area (Å²) in [7, 11) is 0.0833. The van der Waals surface area contributed by atoms with E-state index in [1.165, 1.54) is 14.1 Å². The molecule has 0 radical (unpaired) electrons. The molecule has 0 aliphatic heterocycles. The van der Waals surface area contributed by atoms with Gasteiger partial charge in [0.25, 0.3) is 0 Å². The maximum atomic E-state index is 10.3. The molecule has 0 bridgehead atoms. The molecule has 0 spiro atoms. The molecule has 0 aromatic heterocycles. The first-order chi connectivity index (χ1) is 2.94. The van der Waals surface area contributed by atoms with Gasteiger partial charge in [-0.3, -0.25) is 0 Å². The van der Waals surface area contributed by atoms with Crippen LogP contribution in [0.5, 0.6) is 0 Å². The fourth-order valence-electron chi connectivity index (χ4n) is 0. The van der Waals surface area contributed by atoms with Crippen molar-refractivity contribution >= 4 is 15.9 Å². The average Bonchev–Trinajstić information content (AvgIpc) is 1.31. The standard InChI is InChI=1S/C3H9NO2S/c1-4(2)7(3,5)6/h3H2,1-2H3,(H,5,6). The monoisotopic (exact) mass is 123 g/mol. The minimum Gasteiger partial charge on any atom is -0.302 e. The van der Waals surface area contributed by atoms with Gasteiger partial charge in [-0.15, -0.1) is 0 Å². The Kier molecular flexibility index (Phi) is 1.80. The zero-order valence-corrected chi connectivity index (χ0v) is 5.23. The maximum absolute atomic E-state index is 10.3. The molecule has 0 aromatic rings. The lowest BCUT2D eigenvalue weighted by Gasteiger charge is -2.07. The Hall–Kier alpha value is -0.0600. The molecule has 0 aliphatic rings. The Balaban J connectivity index is 4.10. The van der Waals surface area contributed by atoms with Gasteiger partial charge in [-0.25, -0.2) is 8.51 Å². The maximum Gasteiger partial charge on any atom is 0.140 e. The summed E-state index contributed by atoms with van der Waals surface area (Å²) in [6.45, 7) is 0. The molecule has 0 aliphatic carbocycles. The van der Waals surface area contributed by atoms with E-state index in [2.05, 4.69) is 5.87 Å². The van der Waals surface area contributed by atoms with Crippen LogP contribution in [0.25, 0.3) is 0 Å². The zero-order valence-electron chi connectivity index (χ0n) is 4.42. The van der Waals surface area contributed by atoms with E-state index in [0.717, 1.165) is 4.31 Å². The molecular formula is C3H9NO2S. The van der Waals surface area contributed by atoms with Crippen molar-refractivity contribution in [1.29, 1.82) is 0 Å². The van der Waals surface area contributed by atoms with Crippen molar-refractivity contribution in [3.05, 3.63) is 0 Å². The van der Waals surface area contributed by atoms with Crippen molar-refractivity contribution in [1.82, 2.24) is 4.31 Å². The molecule has 0 fully saturated rings. The summed E-state index contributed by atoms with van der Waals surface area (Å²) >= 11 is 0. The molecule has 1 unspecified atom stereocenters. The lowest BCUT2D eigenvalue weighted by atomic mass is 11.3. The van der Waals surface area contributed by atoms with Crippen molar-refractivity contribution in [3.8, 4) is 0 Å². The van der Waals surface area contributed by atoms with Gasteiger partial charge in [0.1, 0.15) is 9.99 Å². The van der Waals surface area contributed by atoms with Crippen LogP contribution in [0, 0.1) is 0 Å². The lowest BCUT2D eigenvalue weighted by molar-refractivity contribution is 0.486. The van der Waals surface area contributed by atoms with Gasteiger partial charge in [0.2, 0.25) is 0 Å². The molecule has 44 valence electrons. The Bertz CT molecular complexity index is 135. The molecule has 0 heterocycles. The third-order valence-electron chi connectivity index (χ3n) is 0.571. The summed E-state index contributed by atoms with van der Waals surface area (Å²) in [4.78, 5) is 0. The highest BCUT2D eigenvalue weighted by Gasteiger charge is 1.95. The summed E-state index contributed by atoms with van der Waals surface area (Å²) in [5.41, 5.74) is 0. The molecule has 0 rings (SSSR count). The number of rotatable bonds is 1. The summed E-state index contributed by atoms with van der Waals surface area (Å²) in [6.07, 6.45) is 0. The van der Waals surface area contributed by atoms with Crippen LogP contribution in [-0.2, 0) is 9.99 Å². The normalized spacial score (nSPS) is 19.4. The third kappa shape index (κ3) is 2.61. The van der Waals surface area contributed by atoms with E-state index < -0.39 is 9.99 Å². The first-order valence-corrected chi connectivity index (χ1v) is 3.36. The summed E-state index contributed by atoms with van der Waals surface area (Å²) in [6, 6.07) is 0. The second-order valence-corrected chi connectivity index (χ2v) is 3.36. The second kappa shape index (κ2) is 1.81. The highest BCUT2D eigenvalue weighted by molar-refractivity contribution is 7.92. The predicted molar refractivity (Wildman–Crippen MR) is 31.6 cm³/mol. The molecule has 0 saturated carbocycles. The van der Waals surface area contributed by atoms with E-state index >= 15 is 0 Å². The number of hydrogen-bond donors (Lipinski definition) is 1. The predicted octanol–water partition coefficient (Wildman–Crippen LogP) is -0.348. The van der Waals surface area contributed by atoms with Gasteiger partial charge < -0.3 is 4.55 Å². The van der Waals surface area contributed by atoms with Crippen LogP contribution >= 0.6 is 0 Å². The first kappa shape index (κ1) is 6.94. The van der Waals surface area contributed by atoms with Crippen LogP contribution in [0.1, 0.15) is 0 Å². The van der Waals surface area contributed by atoms with Gasteiger partial charge in [0.15, 0.2) is 0 Å². The summed E-state index contributed by atoms with van der Waals surface area (Å²) in [5.74, 6) is 2.98. The lowest BCUT2D eigenvalue weighted by Crippen LogP contribution is -2.20. The molecule has 7 heavy (non-hydrogen) atoms. The second-order valence-electron chi connectivity index (χ2n) is 1.42. The van der Waals surface area contributed by atoms with Crippen LogP contribution in [0.2, 0.25) is 0 Å². The van der Waals surface area contributed by atoms with Gasteiger partial charge in [-0.2, -0.15) is 0 Å². The van der Waals surface area contributed by atoms with Crippen molar-refractivity contribution in [2.75, 3.05) is 14.1 Å². The fourth-order valence-corrected chi connectivity index (χ4v) is 0. The van der Waals surface area contributed by atoms with Gasteiger partial charge in [0.05, 0.1) is 0 Å². The Morgan fingerprint density at radius 1 is 1.71 bits per heavy atom. The molecule has 1 atom stereocenters. The first-order valence-electron chi connectivity index (χ1n) is 1.71. The molecule has 4 heteroatoms. The smallest absolute Gasteiger partial charge is 0.140 e. The topological polar surface area (TPSA) is 40.5 Å². The molecule has 3 nitrogen and oxygen atoms in total. The molecular weight excluding hydrogens is 114 g/mol. The molecule has 0 saturated heterocycles. The van der Waals surface area contributed by atoms with Crippen LogP contribution in [0.4, 0.5) is 0 Å². The SMILES string of the molecule is C=S(=O)(O)N(C)C. The Labute approximate surface area is 43.9 Å². The highest BCUT2D eigenvalue weighted by atomic mass is 32.2. The van der Waals surface area contributed by atoms with E-state index in [9.17, 15) is 4.21 Å². The Morgan fingerprint density at radius 3 is 1.86 bits per heavy atom. The van der Waals surface area contributed by atoms with Crippen molar-refractivity contribution < 1.29 is 8.76 Å². The van der Waals surface area contributed by atoms with E-state index in [0.29, 0.717) is 0 Å². The van der Waals surface area contributed by atoms with E-state index in [1.807, 2.05) is 0 Å². The minimum atomic E-state index is -2.91. The van der Waals surface area contributed by atoms with E-state index in [1.54, 1.807) is 0 Å². The average molecular weight is 123 g/mol. The minimum absolute atomic E-state index is 1.16. The van der Waals surface area contributed by atoms with Crippen LogP contribution in [0.3, 0.4) is 0 Å². The van der Waals surface area contributed by atoms with Gasteiger partial charge in [-0.1, -0.05) is 0 Å². The molecule has 1 N–H and O–H groups in total. The molecule has 0 aromatic carbocycles. The van der Waals surface area contributed by atoms with Gasteiger partial charge >= 0.3 is 0 Å². The largest absolute Gasteiger partial charge is 0.302 e. The van der Waals surface area contributed by atoms with Gasteiger partial charge in [0, 0.05) is 14.1 Å². The Morgan fingerprint density at radius 2 is 1.86 bits per heavy atom. The summed E-state index contributed by atoms with van der Waals surface area (Å²) in [5, 5.41) is 0. The third-order valence-corrected chi connectivity index (χ3v) is 1.71. The van der Waals surface area contributed by atoms with Crippen LogP contribution < -0.4 is 0 Å². The van der Waals surface area contributed by atoms with Crippen LogP contribution in [-0.4, -0.2) is 33.0 Å². The van der Waals surface area contributed by atoms with E-state index in [-0.39, 0.29) is 0 Å². The number of hydrogen-bond acceptors (Lipinski definition) is 1. The fraction of sp³-hybridized carbons (Fsp3) is 0.667. The molecule has 0 amide bonds. The van der Waals surface area contributed by atoms with Crippen molar-refractivity contribution in [3.63, 3.8) is 0 Å².